The van der Waals surface area contributed by atoms with Crippen molar-refractivity contribution >= 4 is 17.6 Å². The van der Waals surface area contributed by atoms with Crippen LogP contribution < -0.4 is 5.32 Å². The van der Waals surface area contributed by atoms with E-state index in [9.17, 15) is 0 Å². The lowest BCUT2D eigenvalue weighted by molar-refractivity contribution is 0.911. The van der Waals surface area contributed by atoms with Gasteiger partial charge in [0.15, 0.2) is 0 Å². The van der Waals surface area contributed by atoms with Crippen LogP contribution in [0.15, 0.2) is 46.0 Å². The Balaban J connectivity index is 2.26. The van der Waals surface area contributed by atoms with Crippen LogP contribution in [0.1, 0.15) is 5.56 Å². The number of fused-ring (bicyclic) bond motifs is 3. The Hall–Kier alpha value is -1.90. The molecule has 68 valence electrons. The van der Waals surface area contributed by atoms with Crippen LogP contribution in [-0.4, -0.2) is 18.6 Å². The monoisotopic (exact) mass is 183 g/mol. The molecule has 1 N–H and O–H groups in total. The zero-order valence-corrected chi connectivity index (χ0v) is 7.57. The lowest BCUT2D eigenvalue weighted by Gasteiger charge is -2.03. The lowest BCUT2D eigenvalue weighted by atomic mass is 10.1. The number of para-hydroxylation sites is 1. The first-order valence-corrected chi connectivity index (χ1v) is 4.57. The maximum absolute atomic E-state index is 4.42. The minimum Gasteiger partial charge on any atom is -0.364 e. The molecule has 2 aliphatic rings. The number of nitrogens with one attached hydrogen (secondary N) is 1. The molecule has 0 aromatic heterocycles. The van der Waals surface area contributed by atoms with E-state index in [1.54, 1.807) is 0 Å². The van der Waals surface area contributed by atoms with Gasteiger partial charge in [0.2, 0.25) is 0 Å². The highest BCUT2D eigenvalue weighted by Crippen LogP contribution is 2.24. The summed E-state index contributed by atoms with van der Waals surface area (Å²) in [6.45, 7) is 0.670. The van der Waals surface area contributed by atoms with Gasteiger partial charge in [0.1, 0.15) is 6.67 Å². The first-order valence-electron chi connectivity index (χ1n) is 4.57. The molecule has 1 aromatic carbocycles. The van der Waals surface area contributed by atoms with Gasteiger partial charge >= 0.3 is 0 Å². The number of hydrogen-bond acceptors (Lipinski definition) is 3. The van der Waals surface area contributed by atoms with Gasteiger partial charge in [-0.25, -0.2) is 0 Å². The molecule has 0 fully saturated rings. The highest BCUT2D eigenvalue weighted by Gasteiger charge is 2.18. The molecule has 3 nitrogen and oxygen atoms in total. The Kier molecular flexibility index (Phi) is 1.50. The molecular weight excluding hydrogens is 174 g/mol. The fraction of sp³-hybridized carbons (Fsp3) is 0.0909. The number of nitrogens with zero attached hydrogens (tertiary/aromatic N) is 2. The van der Waals surface area contributed by atoms with Crippen molar-refractivity contribution in [1.29, 1.82) is 0 Å². The maximum Gasteiger partial charge on any atom is 0.108 e. The van der Waals surface area contributed by atoms with E-state index in [1.165, 1.54) is 0 Å². The first kappa shape index (κ1) is 7.50. The number of rotatable bonds is 0. The molecule has 0 spiro atoms. The van der Waals surface area contributed by atoms with Gasteiger partial charge in [-0.2, -0.15) is 0 Å². The van der Waals surface area contributed by atoms with Crippen LogP contribution in [0.25, 0.3) is 0 Å². The summed E-state index contributed by atoms with van der Waals surface area (Å²) in [4.78, 5) is 8.76. The predicted molar refractivity (Wildman–Crippen MR) is 57.2 cm³/mol. The van der Waals surface area contributed by atoms with Gasteiger partial charge in [-0.05, 0) is 12.1 Å². The quantitative estimate of drug-likeness (QED) is 0.652. The number of hydrogen-bond donors (Lipinski definition) is 1. The van der Waals surface area contributed by atoms with Crippen LogP contribution >= 0.6 is 0 Å². The molecule has 0 unspecified atom stereocenters. The van der Waals surface area contributed by atoms with E-state index >= 15 is 0 Å². The van der Waals surface area contributed by atoms with Crippen molar-refractivity contribution < 1.29 is 0 Å². The number of benzene rings is 1. The summed E-state index contributed by atoms with van der Waals surface area (Å²) < 4.78 is 0. The van der Waals surface area contributed by atoms with E-state index in [2.05, 4.69) is 21.4 Å². The standard InChI is InChI=1S/C11H9N3/c1-2-4-9-8(3-1)11-10(5-6-12-9)13-7-14-11/h1-6,13H,7H2. The van der Waals surface area contributed by atoms with E-state index in [1.807, 2.05) is 30.5 Å². The Morgan fingerprint density at radius 1 is 1.21 bits per heavy atom. The van der Waals surface area contributed by atoms with E-state index < -0.39 is 0 Å². The summed E-state index contributed by atoms with van der Waals surface area (Å²) in [7, 11) is 0. The number of aliphatic imine (C=N–C) groups is 2. The maximum atomic E-state index is 4.42. The van der Waals surface area contributed by atoms with E-state index in [0.717, 1.165) is 22.7 Å². The number of allylic oxidation sites excluding steroid dienone is 2. The van der Waals surface area contributed by atoms with Crippen LogP contribution in [0.2, 0.25) is 0 Å². The second kappa shape index (κ2) is 2.80. The second-order valence-electron chi connectivity index (χ2n) is 3.22. The Morgan fingerprint density at radius 2 is 2.14 bits per heavy atom. The van der Waals surface area contributed by atoms with Gasteiger partial charge in [0.25, 0.3) is 0 Å². The van der Waals surface area contributed by atoms with Crippen LogP contribution in [0.3, 0.4) is 0 Å². The predicted octanol–water partition coefficient (Wildman–Crippen LogP) is 1.64. The molecule has 2 aliphatic heterocycles. The lowest BCUT2D eigenvalue weighted by Crippen LogP contribution is -2.11. The summed E-state index contributed by atoms with van der Waals surface area (Å²) in [6.07, 6.45) is 3.78. The highest BCUT2D eigenvalue weighted by atomic mass is 15.1. The Bertz CT molecular complexity index is 469. The highest BCUT2D eigenvalue weighted by molar-refractivity contribution is 6.18. The molecule has 14 heavy (non-hydrogen) atoms. The molecule has 3 rings (SSSR count). The van der Waals surface area contributed by atoms with Crippen molar-refractivity contribution in [2.45, 2.75) is 0 Å². The van der Waals surface area contributed by atoms with Gasteiger partial charge in [-0.1, -0.05) is 18.2 Å². The fourth-order valence-corrected chi connectivity index (χ4v) is 1.72. The van der Waals surface area contributed by atoms with Crippen LogP contribution in [0.4, 0.5) is 5.69 Å². The normalized spacial score (nSPS) is 17.4. The Morgan fingerprint density at radius 3 is 3.14 bits per heavy atom. The SMILES string of the molecule is C1=Nc2ccccc2C2=NCNC2=C1. The molecular formula is C11H9N3. The summed E-state index contributed by atoms with van der Waals surface area (Å²) in [6, 6.07) is 8.06. The molecule has 1 aromatic rings. The third-order valence-electron chi connectivity index (χ3n) is 2.38. The molecule has 0 saturated carbocycles. The first-order chi connectivity index (χ1) is 6.95. The summed E-state index contributed by atoms with van der Waals surface area (Å²) >= 11 is 0. The van der Waals surface area contributed by atoms with Gasteiger partial charge in [0, 0.05) is 11.8 Å². The van der Waals surface area contributed by atoms with Gasteiger partial charge in [0.05, 0.1) is 17.1 Å². The second-order valence-corrected chi connectivity index (χ2v) is 3.22. The topological polar surface area (TPSA) is 36.8 Å². The van der Waals surface area contributed by atoms with Crippen molar-refractivity contribution in [3.05, 3.63) is 41.6 Å². The zero-order valence-electron chi connectivity index (χ0n) is 7.57. The minimum absolute atomic E-state index is 0.670. The van der Waals surface area contributed by atoms with E-state index in [0.29, 0.717) is 6.67 Å². The van der Waals surface area contributed by atoms with Crippen molar-refractivity contribution in [2.75, 3.05) is 6.67 Å². The third-order valence-corrected chi connectivity index (χ3v) is 2.38. The molecule has 2 heterocycles. The fourth-order valence-electron chi connectivity index (χ4n) is 1.72. The van der Waals surface area contributed by atoms with Crippen molar-refractivity contribution in [2.24, 2.45) is 9.98 Å². The molecule has 0 radical (unpaired) electrons. The van der Waals surface area contributed by atoms with Crippen molar-refractivity contribution in [1.82, 2.24) is 5.32 Å². The minimum atomic E-state index is 0.670. The van der Waals surface area contributed by atoms with E-state index in [-0.39, 0.29) is 0 Å². The van der Waals surface area contributed by atoms with Crippen LogP contribution in [0, 0.1) is 0 Å². The molecule has 0 bridgehead atoms. The van der Waals surface area contributed by atoms with Gasteiger partial charge in [-0.3, -0.25) is 9.98 Å². The largest absolute Gasteiger partial charge is 0.364 e. The van der Waals surface area contributed by atoms with Gasteiger partial charge < -0.3 is 5.32 Å². The summed E-state index contributed by atoms with van der Waals surface area (Å²) in [5.41, 5.74) is 4.19. The molecule has 0 aliphatic carbocycles. The molecule has 0 atom stereocenters. The van der Waals surface area contributed by atoms with Crippen LogP contribution in [0.5, 0.6) is 0 Å². The molecule has 3 heteroatoms. The van der Waals surface area contributed by atoms with Crippen molar-refractivity contribution in [3.63, 3.8) is 0 Å². The van der Waals surface area contributed by atoms with Crippen LogP contribution in [-0.2, 0) is 0 Å². The summed E-state index contributed by atoms with van der Waals surface area (Å²) in [5.74, 6) is 0. The third kappa shape index (κ3) is 0.988. The van der Waals surface area contributed by atoms with Gasteiger partial charge in [-0.15, -0.1) is 0 Å². The average Bonchev–Trinajstić information content (AvgIpc) is 2.61. The van der Waals surface area contributed by atoms with E-state index in [4.69, 9.17) is 0 Å². The molecule has 0 saturated heterocycles. The summed E-state index contributed by atoms with van der Waals surface area (Å²) in [5, 5.41) is 3.21. The smallest absolute Gasteiger partial charge is 0.108 e. The van der Waals surface area contributed by atoms with Crippen molar-refractivity contribution in [3.8, 4) is 0 Å². The molecule has 0 amide bonds. The Labute approximate surface area is 81.9 Å². The average molecular weight is 183 g/mol. The zero-order chi connectivity index (χ0) is 9.38.